The molecule has 3 nitrogen and oxygen atoms in total. The highest BCUT2D eigenvalue weighted by Crippen LogP contribution is 2.20. The molecular formula is C14H16FN3. The van der Waals surface area contributed by atoms with Crippen LogP contribution in [-0.4, -0.2) is 12.0 Å². The summed E-state index contributed by atoms with van der Waals surface area (Å²) >= 11 is 0. The van der Waals surface area contributed by atoms with Crippen LogP contribution in [0.25, 0.3) is 0 Å². The van der Waals surface area contributed by atoms with Crippen LogP contribution in [0, 0.1) is 5.82 Å². The number of halogens is 1. The number of rotatable bonds is 4. The minimum Gasteiger partial charge on any atom is -0.378 e. The zero-order chi connectivity index (χ0) is 13.0. The van der Waals surface area contributed by atoms with E-state index in [2.05, 4.69) is 15.6 Å². The van der Waals surface area contributed by atoms with Crippen molar-refractivity contribution in [2.45, 2.75) is 13.0 Å². The molecule has 2 N–H and O–H groups in total. The molecule has 94 valence electrons. The highest BCUT2D eigenvalue weighted by molar-refractivity contribution is 5.52. The molecule has 0 bridgehead atoms. The summed E-state index contributed by atoms with van der Waals surface area (Å²) in [6.07, 6.45) is 1.73. The Morgan fingerprint density at radius 3 is 2.78 bits per heavy atom. The van der Waals surface area contributed by atoms with Crippen LogP contribution < -0.4 is 10.6 Å². The lowest BCUT2D eigenvalue weighted by Crippen LogP contribution is -2.07. The van der Waals surface area contributed by atoms with E-state index in [-0.39, 0.29) is 11.9 Å². The molecule has 0 aliphatic rings. The number of nitrogens with one attached hydrogen (secondary N) is 2. The number of hydrogen-bond acceptors (Lipinski definition) is 3. The molecule has 1 heterocycles. The molecule has 2 rings (SSSR count). The second kappa shape index (κ2) is 5.49. The predicted molar refractivity (Wildman–Crippen MR) is 72.2 cm³/mol. The molecule has 1 unspecified atom stereocenters. The van der Waals surface area contributed by atoms with Crippen LogP contribution in [-0.2, 0) is 0 Å². The van der Waals surface area contributed by atoms with Gasteiger partial charge < -0.3 is 10.6 Å². The third kappa shape index (κ3) is 2.97. The predicted octanol–water partition coefficient (Wildman–Crippen LogP) is 3.44. The van der Waals surface area contributed by atoms with Gasteiger partial charge in [0.15, 0.2) is 0 Å². The van der Waals surface area contributed by atoms with Crippen molar-refractivity contribution >= 4 is 11.5 Å². The van der Waals surface area contributed by atoms with Crippen molar-refractivity contribution in [2.24, 2.45) is 0 Å². The molecule has 0 amide bonds. The maximum Gasteiger partial charge on any atom is 0.127 e. The summed E-state index contributed by atoms with van der Waals surface area (Å²) < 4.78 is 13.1. The third-order valence-corrected chi connectivity index (χ3v) is 2.75. The standard InChI is InChI=1S/C14H16FN3/c1-10(11-4-3-5-12(15)8-11)18-13-6-7-17-14(9-13)16-2/h3-10H,1-2H3,(H2,16,17,18). The van der Waals surface area contributed by atoms with E-state index in [4.69, 9.17) is 0 Å². The molecule has 1 aromatic carbocycles. The minimum atomic E-state index is -0.216. The van der Waals surface area contributed by atoms with Crippen LogP contribution in [0.4, 0.5) is 15.9 Å². The zero-order valence-corrected chi connectivity index (χ0v) is 10.4. The number of pyridine rings is 1. The summed E-state index contributed by atoms with van der Waals surface area (Å²) in [7, 11) is 1.82. The molecule has 2 aromatic rings. The average molecular weight is 245 g/mol. The fourth-order valence-electron chi connectivity index (χ4n) is 1.77. The number of aromatic nitrogens is 1. The summed E-state index contributed by atoms with van der Waals surface area (Å²) in [4.78, 5) is 4.14. The maximum atomic E-state index is 13.1. The van der Waals surface area contributed by atoms with Gasteiger partial charge in [-0.1, -0.05) is 12.1 Å². The Kier molecular flexibility index (Phi) is 3.77. The van der Waals surface area contributed by atoms with Crippen molar-refractivity contribution in [2.75, 3.05) is 17.7 Å². The third-order valence-electron chi connectivity index (χ3n) is 2.75. The molecule has 0 radical (unpaired) electrons. The van der Waals surface area contributed by atoms with Crippen molar-refractivity contribution in [3.63, 3.8) is 0 Å². The molecule has 0 fully saturated rings. The van der Waals surface area contributed by atoms with Crippen molar-refractivity contribution in [1.82, 2.24) is 4.98 Å². The monoisotopic (exact) mass is 245 g/mol. The van der Waals surface area contributed by atoms with Gasteiger partial charge in [0.2, 0.25) is 0 Å². The van der Waals surface area contributed by atoms with Gasteiger partial charge in [-0.3, -0.25) is 0 Å². The van der Waals surface area contributed by atoms with Crippen LogP contribution in [0.15, 0.2) is 42.6 Å². The smallest absolute Gasteiger partial charge is 0.127 e. The lowest BCUT2D eigenvalue weighted by molar-refractivity contribution is 0.623. The summed E-state index contributed by atoms with van der Waals surface area (Å²) in [5.41, 5.74) is 1.86. The van der Waals surface area contributed by atoms with Gasteiger partial charge in [0, 0.05) is 31.0 Å². The van der Waals surface area contributed by atoms with Gasteiger partial charge in [-0.05, 0) is 30.7 Å². The Labute approximate surface area is 106 Å². The van der Waals surface area contributed by atoms with E-state index in [0.717, 1.165) is 17.1 Å². The van der Waals surface area contributed by atoms with Gasteiger partial charge in [-0.25, -0.2) is 9.37 Å². The quantitative estimate of drug-likeness (QED) is 0.866. The van der Waals surface area contributed by atoms with Crippen molar-refractivity contribution < 1.29 is 4.39 Å². The SMILES string of the molecule is CNc1cc(NC(C)c2cccc(F)c2)ccn1. The lowest BCUT2D eigenvalue weighted by atomic mass is 10.1. The van der Waals surface area contributed by atoms with Crippen molar-refractivity contribution in [3.8, 4) is 0 Å². The van der Waals surface area contributed by atoms with Crippen molar-refractivity contribution in [3.05, 3.63) is 54.0 Å². The Hall–Kier alpha value is -2.10. The fourth-order valence-corrected chi connectivity index (χ4v) is 1.77. The van der Waals surface area contributed by atoms with Crippen LogP contribution in [0.1, 0.15) is 18.5 Å². The van der Waals surface area contributed by atoms with Gasteiger partial charge in [0.05, 0.1) is 0 Å². The molecule has 4 heteroatoms. The molecule has 1 aromatic heterocycles. The van der Waals surface area contributed by atoms with E-state index < -0.39 is 0 Å². The molecule has 18 heavy (non-hydrogen) atoms. The number of benzene rings is 1. The maximum absolute atomic E-state index is 13.1. The van der Waals surface area contributed by atoms with Crippen LogP contribution in [0.3, 0.4) is 0 Å². The van der Waals surface area contributed by atoms with E-state index in [1.807, 2.05) is 32.2 Å². The topological polar surface area (TPSA) is 37.0 Å². The normalized spacial score (nSPS) is 11.9. The van der Waals surface area contributed by atoms with E-state index >= 15 is 0 Å². The fraction of sp³-hybridized carbons (Fsp3) is 0.214. The highest BCUT2D eigenvalue weighted by atomic mass is 19.1. The van der Waals surface area contributed by atoms with E-state index in [9.17, 15) is 4.39 Å². The molecule has 0 saturated heterocycles. The van der Waals surface area contributed by atoms with Gasteiger partial charge in [-0.15, -0.1) is 0 Å². The first kappa shape index (κ1) is 12.4. The van der Waals surface area contributed by atoms with E-state index in [1.165, 1.54) is 12.1 Å². The van der Waals surface area contributed by atoms with E-state index in [1.54, 1.807) is 12.3 Å². The van der Waals surface area contributed by atoms with Gasteiger partial charge >= 0.3 is 0 Å². The lowest BCUT2D eigenvalue weighted by Gasteiger charge is -2.16. The Balaban J connectivity index is 2.13. The summed E-state index contributed by atoms with van der Waals surface area (Å²) in [6, 6.07) is 10.4. The van der Waals surface area contributed by atoms with Crippen LogP contribution in [0.5, 0.6) is 0 Å². The Bertz CT molecular complexity index is 528. The van der Waals surface area contributed by atoms with Gasteiger partial charge in [-0.2, -0.15) is 0 Å². The molecule has 0 saturated carbocycles. The van der Waals surface area contributed by atoms with Gasteiger partial charge in [0.25, 0.3) is 0 Å². The minimum absolute atomic E-state index is 0.0350. The molecule has 0 spiro atoms. The first-order valence-electron chi connectivity index (χ1n) is 5.85. The summed E-state index contributed by atoms with van der Waals surface area (Å²) in [5.74, 6) is 0.582. The van der Waals surface area contributed by atoms with Crippen LogP contribution >= 0.6 is 0 Å². The number of nitrogens with zero attached hydrogens (tertiary/aromatic N) is 1. The molecular weight excluding hydrogens is 229 g/mol. The Morgan fingerprint density at radius 2 is 2.06 bits per heavy atom. The van der Waals surface area contributed by atoms with E-state index in [0.29, 0.717) is 0 Å². The first-order chi connectivity index (χ1) is 8.69. The first-order valence-corrected chi connectivity index (χ1v) is 5.85. The number of hydrogen-bond donors (Lipinski definition) is 2. The average Bonchev–Trinajstić information content (AvgIpc) is 2.39. The van der Waals surface area contributed by atoms with Crippen molar-refractivity contribution in [1.29, 1.82) is 0 Å². The second-order valence-corrected chi connectivity index (χ2v) is 4.10. The molecule has 0 aliphatic carbocycles. The second-order valence-electron chi connectivity index (χ2n) is 4.10. The zero-order valence-electron chi connectivity index (χ0n) is 10.4. The highest BCUT2D eigenvalue weighted by Gasteiger charge is 2.06. The van der Waals surface area contributed by atoms with Gasteiger partial charge in [0.1, 0.15) is 11.6 Å². The summed E-state index contributed by atoms with van der Waals surface area (Å²) in [6.45, 7) is 1.99. The molecule has 0 aliphatic heterocycles. The number of anilines is 2. The van der Waals surface area contributed by atoms with Crippen LogP contribution in [0.2, 0.25) is 0 Å². The summed E-state index contributed by atoms with van der Waals surface area (Å²) in [5, 5.41) is 6.29. The largest absolute Gasteiger partial charge is 0.378 e. The Morgan fingerprint density at radius 1 is 1.22 bits per heavy atom. The molecule has 1 atom stereocenters.